The Balaban J connectivity index is 1.54. The highest BCUT2D eigenvalue weighted by molar-refractivity contribution is 5.89. The van der Waals surface area contributed by atoms with Crippen molar-refractivity contribution in [3.8, 4) is 0 Å². The fourth-order valence-corrected chi connectivity index (χ4v) is 3.07. The van der Waals surface area contributed by atoms with Gasteiger partial charge in [-0.05, 0) is 48.6 Å². The molecular weight excluding hydrogens is 321 g/mol. The van der Waals surface area contributed by atoms with E-state index in [-0.39, 0.29) is 29.1 Å². The standard InChI is InChI=1S/C20H20FNO3/c21-16-8-6-15(7-9-16)20(11-12-20)13-22-18(23)10-5-14-3-1-2-4-17(14)19(24)25/h1-4,6-9H,5,10-13H2,(H,22,23)(H,24,25). The number of amides is 1. The lowest BCUT2D eigenvalue weighted by molar-refractivity contribution is -0.121. The van der Waals surface area contributed by atoms with Gasteiger partial charge in [-0.3, -0.25) is 4.79 Å². The van der Waals surface area contributed by atoms with E-state index in [2.05, 4.69) is 5.32 Å². The lowest BCUT2D eigenvalue weighted by Gasteiger charge is -2.17. The summed E-state index contributed by atoms with van der Waals surface area (Å²) in [6, 6.07) is 13.2. The second-order valence-corrected chi connectivity index (χ2v) is 6.53. The van der Waals surface area contributed by atoms with Crippen LogP contribution in [-0.2, 0) is 16.6 Å². The van der Waals surface area contributed by atoms with Crippen LogP contribution >= 0.6 is 0 Å². The lowest BCUT2D eigenvalue weighted by Crippen LogP contribution is -2.32. The number of halogens is 1. The maximum atomic E-state index is 13.0. The first-order valence-corrected chi connectivity index (χ1v) is 8.34. The van der Waals surface area contributed by atoms with Crippen molar-refractivity contribution in [3.05, 3.63) is 71.0 Å². The van der Waals surface area contributed by atoms with Crippen LogP contribution in [0.3, 0.4) is 0 Å². The molecule has 2 N–H and O–H groups in total. The second-order valence-electron chi connectivity index (χ2n) is 6.53. The highest BCUT2D eigenvalue weighted by atomic mass is 19.1. The minimum Gasteiger partial charge on any atom is -0.478 e. The van der Waals surface area contributed by atoms with Crippen LogP contribution in [0.4, 0.5) is 4.39 Å². The minimum atomic E-state index is -0.982. The van der Waals surface area contributed by atoms with Gasteiger partial charge in [0.1, 0.15) is 5.82 Å². The van der Waals surface area contributed by atoms with Gasteiger partial charge in [0.2, 0.25) is 5.91 Å². The maximum Gasteiger partial charge on any atom is 0.335 e. The molecule has 0 radical (unpaired) electrons. The fraction of sp³-hybridized carbons (Fsp3) is 0.300. The second kappa shape index (κ2) is 7.05. The van der Waals surface area contributed by atoms with Crippen LogP contribution in [0.5, 0.6) is 0 Å². The van der Waals surface area contributed by atoms with E-state index in [9.17, 15) is 14.0 Å². The molecule has 3 rings (SSSR count). The molecule has 5 heteroatoms. The quantitative estimate of drug-likeness (QED) is 0.812. The average Bonchev–Trinajstić information content (AvgIpc) is 3.40. The number of hydrogen-bond donors (Lipinski definition) is 2. The van der Waals surface area contributed by atoms with Crippen LogP contribution in [0, 0.1) is 5.82 Å². The van der Waals surface area contributed by atoms with Gasteiger partial charge in [0.05, 0.1) is 5.56 Å². The number of carbonyl (C=O) groups excluding carboxylic acids is 1. The summed E-state index contributed by atoms with van der Waals surface area (Å²) in [5, 5.41) is 12.1. The third kappa shape index (κ3) is 4.05. The Hall–Kier alpha value is -2.69. The Labute approximate surface area is 145 Å². The van der Waals surface area contributed by atoms with Crippen molar-refractivity contribution < 1.29 is 19.1 Å². The summed E-state index contributed by atoms with van der Waals surface area (Å²) in [6.45, 7) is 0.526. The maximum absolute atomic E-state index is 13.0. The molecule has 0 aliphatic heterocycles. The summed E-state index contributed by atoms with van der Waals surface area (Å²) in [5.41, 5.74) is 1.86. The van der Waals surface area contributed by atoms with E-state index in [4.69, 9.17) is 5.11 Å². The van der Waals surface area contributed by atoms with Crippen LogP contribution in [0.15, 0.2) is 48.5 Å². The SMILES string of the molecule is O=C(CCc1ccccc1C(=O)O)NCC1(c2ccc(F)cc2)CC1. The Kier molecular flexibility index (Phi) is 4.83. The highest BCUT2D eigenvalue weighted by Crippen LogP contribution is 2.47. The molecular formula is C20H20FNO3. The predicted molar refractivity (Wildman–Crippen MR) is 92.0 cm³/mol. The predicted octanol–water partition coefficient (Wildman–Crippen LogP) is 3.30. The Morgan fingerprint density at radius 1 is 1.08 bits per heavy atom. The molecule has 0 aromatic heterocycles. The number of nitrogens with one attached hydrogen (secondary N) is 1. The van der Waals surface area contributed by atoms with Gasteiger partial charge in [0, 0.05) is 18.4 Å². The van der Waals surface area contributed by atoms with Gasteiger partial charge in [-0.15, -0.1) is 0 Å². The number of carbonyl (C=O) groups is 2. The van der Waals surface area contributed by atoms with Crippen molar-refractivity contribution in [2.45, 2.75) is 31.1 Å². The van der Waals surface area contributed by atoms with Gasteiger partial charge in [-0.1, -0.05) is 30.3 Å². The van der Waals surface area contributed by atoms with Crippen molar-refractivity contribution in [1.82, 2.24) is 5.32 Å². The molecule has 130 valence electrons. The Bertz CT molecular complexity index is 782. The van der Waals surface area contributed by atoms with Gasteiger partial charge in [-0.25, -0.2) is 9.18 Å². The molecule has 1 saturated carbocycles. The third-order valence-corrected chi connectivity index (χ3v) is 4.80. The van der Waals surface area contributed by atoms with E-state index in [1.54, 1.807) is 36.4 Å². The molecule has 1 fully saturated rings. The van der Waals surface area contributed by atoms with Gasteiger partial charge in [0.25, 0.3) is 0 Å². The van der Waals surface area contributed by atoms with Crippen molar-refractivity contribution >= 4 is 11.9 Å². The van der Waals surface area contributed by atoms with Gasteiger partial charge in [0.15, 0.2) is 0 Å². The molecule has 2 aromatic carbocycles. The molecule has 1 aliphatic carbocycles. The number of benzene rings is 2. The molecule has 1 amide bonds. The normalized spacial score (nSPS) is 14.8. The largest absolute Gasteiger partial charge is 0.478 e. The zero-order valence-electron chi connectivity index (χ0n) is 13.8. The van der Waals surface area contributed by atoms with Gasteiger partial charge >= 0.3 is 5.97 Å². The Morgan fingerprint density at radius 3 is 2.40 bits per heavy atom. The molecule has 1 aliphatic rings. The zero-order valence-corrected chi connectivity index (χ0v) is 13.8. The number of carboxylic acid groups (broad SMARTS) is 1. The number of hydrogen-bond acceptors (Lipinski definition) is 2. The first-order valence-electron chi connectivity index (χ1n) is 8.34. The van der Waals surface area contributed by atoms with Crippen LogP contribution in [0.2, 0.25) is 0 Å². The van der Waals surface area contributed by atoms with E-state index in [1.165, 1.54) is 12.1 Å². The molecule has 0 bridgehead atoms. The van der Waals surface area contributed by atoms with E-state index in [1.807, 2.05) is 0 Å². The van der Waals surface area contributed by atoms with Crippen molar-refractivity contribution in [2.24, 2.45) is 0 Å². The monoisotopic (exact) mass is 341 g/mol. The number of aromatic carboxylic acids is 1. The van der Waals surface area contributed by atoms with E-state index >= 15 is 0 Å². The summed E-state index contributed by atoms with van der Waals surface area (Å²) >= 11 is 0. The van der Waals surface area contributed by atoms with Crippen molar-refractivity contribution in [2.75, 3.05) is 6.54 Å². The summed E-state index contributed by atoms with van der Waals surface area (Å²) in [7, 11) is 0. The zero-order chi connectivity index (χ0) is 17.9. The summed E-state index contributed by atoms with van der Waals surface area (Å²) in [6.07, 6.45) is 2.57. The van der Waals surface area contributed by atoms with Gasteiger partial charge in [-0.2, -0.15) is 0 Å². The van der Waals surface area contributed by atoms with E-state index in [0.717, 1.165) is 18.4 Å². The molecule has 0 heterocycles. The number of rotatable bonds is 7. The minimum absolute atomic E-state index is 0.0810. The first kappa shape index (κ1) is 17.1. The third-order valence-electron chi connectivity index (χ3n) is 4.80. The lowest BCUT2D eigenvalue weighted by atomic mass is 9.96. The van der Waals surface area contributed by atoms with Crippen LogP contribution in [0.1, 0.15) is 40.7 Å². The number of carboxylic acids is 1. The Morgan fingerprint density at radius 2 is 1.76 bits per heavy atom. The molecule has 0 saturated heterocycles. The fourth-order valence-electron chi connectivity index (χ4n) is 3.07. The smallest absolute Gasteiger partial charge is 0.335 e. The van der Waals surface area contributed by atoms with Crippen molar-refractivity contribution in [1.29, 1.82) is 0 Å². The van der Waals surface area contributed by atoms with Crippen LogP contribution in [0.25, 0.3) is 0 Å². The van der Waals surface area contributed by atoms with E-state index in [0.29, 0.717) is 18.5 Å². The molecule has 0 unspecified atom stereocenters. The molecule has 0 atom stereocenters. The summed E-state index contributed by atoms with van der Waals surface area (Å²) < 4.78 is 13.0. The van der Waals surface area contributed by atoms with E-state index < -0.39 is 5.97 Å². The van der Waals surface area contributed by atoms with Crippen molar-refractivity contribution in [3.63, 3.8) is 0 Å². The van der Waals surface area contributed by atoms with Crippen LogP contribution in [-0.4, -0.2) is 23.5 Å². The van der Waals surface area contributed by atoms with Crippen LogP contribution < -0.4 is 5.32 Å². The average molecular weight is 341 g/mol. The molecule has 2 aromatic rings. The van der Waals surface area contributed by atoms with Gasteiger partial charge < -0.3 is 10.4 Å². The highest BCUT2D eigenvalue weighted by Gasteiger charge is 2.44. The number of aryl methyl sites for hydroxylation is 1. The molecule has 4 nitrogen and oxygen atoms in total. The summed E-state index contributed by atoms with van der Waals surface area (Å²) in [4.78, 5) is 23.3. The topological polar surface area (TPSA) is 66.4 Å². The molecule has 25 heavy (non-hydrogen) atoms. The first-order chi connectivity index (χ1) is 12.0. The molecule has 0 spiro atoms. The summed E-state index contributed by atoms with van der Waals surface area (Å²) in [5.74, 6) is -1.35.